The van der Waals surface area contributed by atoms with Gasteiger partial charge in [0, 0.05) is 32.8 Å². The van der Waals surface area contributed by atoms with Gasteiger partial charge in [0.2, 0.25) is 0 Å². The number of esters is 1. The highest BCUT2D eigenvalue weighted by molar-refractivity contribution is 9.11. The summed E-state index contributed by atoms with van der Waals surface area (Å²) in [7, 11) is 0. The van der Waals surface area contributed by atoms with Crippen molar-refractivity contribution in [3.8, 4) is 17.1 Å². The number of nitro groups is 1. The van der Waals surface area contributed by atoms with E-state index in [1.807, 2.05) is 0 Å². The van der Waals surface area contributed by atoms with Crippen molar-refractivity contribution in [3.05, 3.63) is 130 Å². The van der Waals surface area contributed by atoms with Gasteiger partial charge < -0.3 is 4.74 Å². The third kappa shape index (κ3) is 5.71. The standard InChI is InChI=1S/C28H15Br2ClN4O5/c29-19-13-18(25(23(30)14-19)40-28(37)17-7-11-21(12-8-17)35(38)39)15-32-34-26(16-5-9-20(31)10-6-16)33-24-4-2-1-3-22(24)27(34)36/h1-15H. The fourth-order valence-corrected chi connectivity index (χ4v) is 5.26. The van der Waals surface area contributed by atoms with E-state index >= 15 is 0 Å². The number of benzene rings is 4. The molecule has 1 aromatic heterocycles. The van der Waals surface area contributed by atoms with E-state index in [2.05, 4.69) is 41.9 Å². The number of halogens is 3. The number of aromatic nitrogens is 2. The summed E-state index contributed by atoms with van der Waals surface area (Å²) >= 11 is 12.9. The summed E-state index contributed by atoms with van der Waals surface area (Å²) in [5, 5.41) is 16.3. The maximum absolute atomic E-state index is 13.5. The summed E-state index contributed by atoms with van der Waals surface area (Å²) in [5.41, 5.74) is 1.05. The fraction of sp³-hybridized carbons (Fsp3) is 0. The molecule has 0 unspecified atom stereocenters. The molecular formula is C28H15Br2ClN4O5. The molecule has 198 valence electrons. The molecule has 0 spiro atoms. The van der Waals surface area contributed by atoms with Gasteiger partial charge in [-0.25, -0.2) is 9.78 Å². The van der Waals surface area contributed by atoms with Crippen molar-refractivity contribution in [2.45, 2.75) is 0 Å². The molecule has 0 saturated heterocycles. The Bertz CT molecular complexity index is 1870. The van der Waals surface area contributed by atoms with Crippen LogP contribution in [0.25, 0.3) is 22.3 Å². The second kappa shape index (κ2) is 11.5. The molecule has 0 aliphatic rings. The van der Waals surface area contributed by atoms with Crippen molar-refractivity contribution in [2.24, 2.45) is 5.10 Å². The molecule has 1 heterocycles. The van der Waals surface area contributed by atoms with Gasteiger partial charge in [0.1, 0.15) is 0 Å². The summed E-state index contributed by atoms with van der Waals surface area (Å²) in [4.78, 5) is 41.4. The zero-order valence-corrected chi connectivity index (χ0v) is 24.1. The predicted molar refractivity (Wildman–Crippen MR) is 159 cm³/mol. The van der Waals surface area contributed by atoms with Gasteiger partial charge in [0.15, 0.2) is 11.6 Å². The zero-order valence-electron chi connectivity index (χ0n) is 20.1. The zero-order chi connectivity index (χ0) is 28.4. The SMILES string of the molecule is O=C(Oc1c(Br)cc(Br)cc1C=Nn1c(-c2ccc(Cl)cc2)nc2ccccc2c1=O)c1ccc([N+](=O)[O-])cc1. The quantitative estimate of drug-likeness (QED) is 0.0613. The first-order valence-electron chi connectivity index (χ1n) is 11.5. The van der Waals surface area contributed by atoms with Crippen molar-refractivity contribution in [3.63, 3.8) is 0 Å². The van der Waals surface area contributed by atoms with Gasteiger partial charge in [0.25, 0.3) is 11.2 Å². The van der Waals surface area contributed by atoms with E-state index in [1.54, 1.807) is 60.7 Å². The van der Waals surface area contributed by atoms with Gasteiger partial charge in [0.05, 0.1) is 32.1 Å². The van der Waals surface area contributed by atoms with Crippen molar-refractivity contribution in [1.29, 1.82) is 0 Å². The monoisotopic (exact) mass is 680 g/mol. The minimum Gasteiger partial charge on any atom is -0.421 e. The van der Waals surface area contributed by atoms with Gasteiger partial charge in [-0.15, -0.1) is 0 Å². The molecule has 9 nitrogen and oxygen atoms in total. The lowest BCUT2D eigenvalue weighted by atomic mass is 10.2. The van der Waals surface area contributed by atoms with Crippen LogP contribution in [0.15, 0.2) is 104 Å². The molecule has 0 atom stereocenters. The van der Waals surface area contributed by atoms with Gasteiger partial charge in [-0.3, -0.25) is 14.9 Å². The van der Waals surface area contributed by atoms with E-state index in [9.17, 15) is 19.7 Å². The summed E-state index contributed by atoms with van der Waals surface area (Å²) in [6, 6.07) is 22.2. The number of rotatable bonds is 6. The Labute approximate surface area is 248 Å². The minimum atomic E-state index is -0.737. The van der Waals surface area contributed by atoms with E-state index in [-0.39, 0.29) is 22.8 Å². The predicted octanol–water partition coefficient (Wildman–Crippen LogP) is 7.25. The van der Waals surface area contributed by atoms with Crippen LogP contribution in [-0.4, -0.2) is 26.8 Å². The van der Waals surface area contributed by atoms with Crippen LogP contribution >= 0.6 is 43.5 Å². The normalized spacial score (nSPS) is 11.2. The fourth-order valence-electron chi connectivity index (χ4n) is 3.79. The first kappa shape index (κ1) is 27.4. The molecule has 5 aromatic rings. The number of hydrogen-bond donors (Lipinski definition) is 0. The Hall–Kier alpha value is -4.19. The van der Waals surface area contributed by atoms with Crippen molar-refractivity contribution >= 4 is 72.2 Å². The lowest BCUT2D eigenvalue weighted by Crippen LogP contribution is -2.20. The molecule has 0 bridgehead atoms. The molecule has 0 N–H and O–H groups in total. The van der Waals surface area contributed by atoms with Crippen LogP contribution in [0.2, 0.25) is 5.02 Å². The number of para-hydroxylation sites is 1. The molecular weight excluding hydrogens is 668 g/mol. The van der Waals surface area contributed by atoms with Crippen LogP contribution in [0.4, 0.5) is 5.69 Å². The van der Waals surface area contributed by atoms with Crippen LogP contribution in [0.1, 0.15) is 15.9 Å². The third-order valence-electron chi connectivity index (χ3n) is 5.71. The molecule has 0 radical (unpaired) electrons. The summed E-state index contributed by atoms with van der Waals surface area (Å²) in [6.07, 6.45) is 1.38. The average Bonchev–Trinajstić information content (AvgIpc) is 2.94. The largest absolute Gasteiger partial charge is 0.421 e. The Kier molecular flexibility index (Phi) is 7.88. The molecule has 5 rings (SSSR count). The Balaban J connectivity index is 1.58. The molecule has 12 heteroatoms. The lowest BCUT2D eigenvalue weighted by molar-refractivity contribution is -0.384. The number of non-ortho nitro benzene ring substituents is 1. The van der Waals surface area contributed by atoms with Crippen molar-refractivity contribution < 1.29 is 14.5 Å². The Morgan fingerprint density at radius 3 is 2.42 bits per heavy atom. The van der Waals surface area contributed by atoms with Crippen LogP contribution in [0.5, 0.6) is 5.75 Å². The Morgan fingerprint density at radius 1 is 1.02 bits per heavy atom. The third-order valence-corrected chi connectivity index (χ3v) is 7.01. The van der Waals surface area contributed by atoms with Crippen LogP contribution in [0.3, 0.4) is 0 Å². The summed E-state index contributed by atoms with van der Waals surface area (Å²) < 4.78 is 7.90. The van der Waals surface area contributed by atoms with Crippen molar-refractivity contribution in [2.75, 3.05) is 0 Å². The number of hydrogen-bond acceptors (Lipinski definition) is 7. The number of carbonyl (C=O) groups excluding carboxylic acids is 1. The van der Waals surface area contributed by atoms with Gasteiger partial charge in [-0.05, 0) is 76.6 Å². The number of nitrogens with zero attached hydrogens (tertiary/aromatic N) is 4. The molecule has 40 heavy (non-hydrogen) atoms. The highest BCUT2D eigenvalue weighted by Crippen LogP contribution is 2.33. The van der Waals surface area contributed by atoms with E-state index < -0.39 is 16.5 Å². The van der Waals surface area contributed by atoms with E-state index in [0.717, 1.165) is 0 Å². The molecule has 0 aliphatic heterocycles. The maximum Gasteiger partial charge on any atom is 0.343 e. The smallest absolute Gasteiger partial charge is 0.343 e. The lowest BCUT2D eigenvalue weighted by Gasteiger charge is -2.12. The van der Waals surface area contributed by atoms with Gasteiger partial charge >= 0.3 is 5.97 Å². The highest BCUT2D eigenvalue weighted by atomic mass is 79.9. The summed E-state index contributed by atoms with van der Waals surface area (Å²) in [6.45, 7) is 0. The highest BCUT2D eigenvalue weighted by Gasteiger charge is 2.18. The second-order valence-electron chi connectivity index (χ2n) is 8.32. The molecule has 0 fully saturated rings. The summed E-state index contributed by atoms with van der Waals surface area (Å²) in [5.74, 6) is -0.320. The molecule has 4 aromatic carbocycles. The van der Waals surface area contributed by atoms with Crippen LogP contribution in [0, 0.1) is 10.1 Å². The first-order valence-corrected chi connectivity index (χ1v) is 13.5. The van der Waals surface area contributed by atoms with Gasteiger partial charge in [-0.2, -0.15) is 9.78 Å². The van der Waals surface area contributed by atoms with Crippen LogP contribution < -0.4 is 10.3 Å². The average molecular weight is 683 g/mol. The number of ether oxygens (including phenoxy) is 1. The minimum absolute atomic E-state index is 0.114. The maximum atomic E-state index is 13.5. The Morgan fingerprint density at radius 2 is 1.73 bits per heavy atom. The second-order valence-corrected chi connectivity index (χ2v) is 10.5. The first-order chi connectivity index (χ1) is 19.2. The molecule has 0 aliphatic carbocycles. The van der Waals surface area contributed by atoms with E-state index in [0.29, 0.717) is 36.0 Å². The number of nitro benzene ring substituents is 1. The van der Waals surface area contributed by atoms with Crippen molar-refractivity contribution in [1.82, 2.24) is 9.66 Å². The molecule has 0 amide bonds. The number of carbonyl (C=O) groups is 1. The van der Waals surface area contributed by atoms with E-state index in [1.165, 1.54) is 35.2 Å². The molecule has 0 saturated carbocycles. The number of fused-ring (bicyclic) bond motifs is 1. The van der Waals surface area contributed by atoms with E-state index in [4.69, 9.17) is 16.3 Å². The van der Waals surface area contributed by atoms with Crippen LogP contribution in [-0.2, 0) is 0 Å². The topological polar surface area (TPSA) is 117 Å². The van der Waals surface area contributed by atoms with Gasteiger partial charge in [-0.1, -0.05) is 39.7 Å².